The van der Waals surface area contributed by atoms with Gasteiger partial charge in [0, 0.05) is 16.9 Å². The molecule has 3 aromatic rings. The highest BCUT2D eigenvalue weighted by Crippen LogP contribution is 2.35. The molecule has 8 heteroatoms. The highest BCUT2D eigenvalue weighted by molar-refractivity contribution is 9.10. The summed E-state index contributed by atoms with van der Waals surface area (Å²) in [6.07, 6.45) is 0. The zero-order chi connectivity index (χ0) is 13.4. The molecule has 3 rings (SSSR count). The second-order valence-corrected chi connectivity index (χ2v) is 6.37. The zero-order valence-electron chi connectivity index (χ0n) is 10.1. The first-order chi connectivity index (χ1) is 9.19. The first kappa shape index (κ1) is 12.8. The van der Waals surface area contributed by atoms with E-state index in [1.807, 2.05) is 25.4 Å². The number of aryl methyl sites for hydroxylation is 1. The maximum atomic E-state index is 5.35. The Balaban J connectivity index is 2.03. The molecule has 3 heterocycles. The van der Waals surface area contributed by atoms with E-state index in [1.165, 1.54) is 11.5 Å². The van der Waals surface area contributed by atoms with Gasteiger partial charge in [-0.2, -0.15) is 9.36 Å². The highest BCUT2D eigenvalue weighted by Gasteiger charge is 2.19. The fraction of sp³-hybridized carbons (Fsp3) is 0.182. The van der Waals surface area contributed by atoms with Crippen molar-refractivity contribution in [1.29, 1.82) is 0 Å². The van der Waals surface area contributed by atoms with Crippen LogP contribution >= 0.6 is 38.8 Å². The van der Waals surface area contributed by atoms with E-state index in [4.69, 9.17) is 4.52 Å². The van der Waals surface area contributed by atoms with Gasteiger partial charge in [-0.25, -0.2) is 0 Å². The van der Waals surface area contributed by atoms with Crippen LogP contribution in [0.25, 0.3) is 22.2 Å². The molecule has 0 amide bonds. The third-order valence-electron chi connectivity index (χ3n) is 2.52. The molecular formula is C11H9BrN4OS2. The summed E-state index contributed by atoms with van der Waals surface area (Å²) in [5, 5.41) is 10.0. The van der Waals surface area contributed by atoms with Crippen LogP contribution < -0.4 is 5.32 Å². The van der Waals surface area contributed by atoms with Gasteiger partial charge < -0.3 is 9.84 Å². The lowest BCUT2D eigenvalue weighted by Gasteiger charge is -1.96. The second kappa shape index (κ2) is 5.03. The summed E-state index contributed by atoms with van der Waals surface area (Å²) in [6, 6.07) is 1.97. The number of thiophene rings is 1. The number of hydrogen-bond acceptors (Lipinski definition) is 7. The summed E-state index contributed by atoms with van der Waals surface area (Å²) < 4.78 is 10.7. The number of nitrogens with zero attached hydrogens (tertiary/aromatic N) is 3. The van der Waals surface area contributed by atoms with Crippen LogP contribution in [0.15, 0.2) is 20.4 Å². The molecule has 5 nitrogen and oxygen atoms in total. The molecule has 0 spiro atoms. The van der Waals surface area contributed by atoms with Crippen LogP contribution in [0.1, 0.15) is 5.69 Å². The quantitative estimate of drug-likeness (QED) is 0.767. The Bertz CT molecular complexity index is 718. The number of halogens is 1. The molecule has 0 unspecified atom stereocenters. The van der Waals surface area contributed by atoms with Gasteiger partial charge in [0.15, 0.2) is 0 Å². The second-order valence-electron chi connectivity index (χ2n) is 3.77. The molecule has 0 fully saturated rings. The summed E-state index contributed by atoms with van der Waals surface area (Å²) in [5.41, 5.74) is 1.76. The molecule has 0 aliphatic heterocycles. The van der Waals surface area contributed by atoms with Gasteiger partial charge in [0.25, 0.3) is 5.89 Å². The van der Waals surface area contributed by atoms with E-state index < -0.39 is 0 Å². The Kier molecular flexibility index (Phi) is 3.38. The molecule has 0 bridgehead atoms. The van der Waals surface area contributed by atoms with E-state index in [0.29, 0.717) is 11.7 Å². The Morgan fingerprint density at radius 3 is 2.95 bits per heavy atom. The van der Waals surface area contributed by atoms with Crippen LogP contribution in [-0.2, 0) is 0 Å². The average Bonchev–Trinajstić information content (AvgIpc) is 3.07. The van der Waals surface area contributed by atoms with Crippen molar-refractivity contribution in [1.82, 2.24) is 14.5 Å². The molecule has 0 atom stereocenters. The van der Waals surface area contributed by atoms with Crippen LogP contribution in [0.4, 0.5) is 5.00 Å². The molecule has 1 N–H and O–H groups in total. The Morgan fingerprint density at radius 1 is 1.42 bits per heavy atom. The predicted octanol–water partition coefficient (Wildman–Crippen LogP) is 4.03. The van der Waals surface area contributed by atoms with E-state index in [-0.39, 0.29) is 0 Å². The molecule has 3 aromatic heterocycles. The van der Waals surface area contributed by atoms with Gasteiger partial charge in [-0.1, -0.05) is 5.16 Å². The highest BCUT2D eigenvalue weighted by atomic mass is 79.9. The maximum absolute atomic E-state index is 5.35. The van der Waals surface area contributed by atoms with Crippen LogP contribution in [0.2, 0.25) is 0 Å². The molecule has 98 valence electrons. The van der Waals surface area contributed by atoms with E-state index in [2.05, 4.69) is 35.8 Å². The molecule has 0 aliphatic rings. The van der Waals surface area contributed by atoms with Gasteiger partial charge in [-0.3, -0.25) is 0 Å². The van der Waals surface area contributed by atoms with Crippen LogP contribution in [-0.4, -0.2) is 21.6 Å². The Labute approximate surface area is 126 Å². The van der Waals surface area contributed by atoms with Gasteiger partial charge in [0.05, 0.1) is 16.1 Å². The molecule has 0 aliphatic carbocycles. The van der Waals surface area contributed by atoms with Gasteiger partial charge in [-0.15, -0.1) is 11.3 Å². The molecular weight excluding hydrogens is 348 g/mol. The number of aromatic nitrogens is 3. The van der Waals surface area contributed by atoms with Gasteiger partial charge in [0.2, 0.25) is 5.82 Å². The molecule has 0 aromatic carbocycles. The number of hydrogen-bond donors (Lipinski definition) is 1. The smallest absolute Gasteiger partial charge is 0.263 e. The summed E-state index contributed by atoms with van der Waals surface area (Å²) in [7, 11) is 1.85. The topological polar surface area (TPSA) is 63.8 Å². The Hall–Kier alpha value is -1.25. The third-order valence-corrected chi connectivity index (χ3v) is 5.16. The van der Waals surface area contributed by atoms with Gasteiger partial charge in [-0.05, 0) is 40.5 Å². The molecule has 0 saturated heterocycles. The number of rotatable bonds is 3. The average molecular weight is 357 g/mol. The largest absolute Gasteiger partial charge is 0.378 e. The van der Waals surface area contributed by atoms with Gasteiger partial charge >= 0.3 is 0 Å². The van der Waals surface area contributed by atoms with Crippen LogP contribution in [0.5, 0.6) is 0 Å². The van der Waals surface area contributed by atoms with Crippen LogP contribution in [0.3, 0.4) is 0 Å². The van der Waals surface area contributed by atoms with Crippen molar-refractivity contribution in [2.24, 2.45) is 0 Å². The summed E-state index contributed by atoms with van der Waals surface area (Å²) in [4.78, 5) is 5.41. The number of nitrogens with one attached hydrogen (secondary N) is 1. The van der Waals surface area contributed by atoms with Crippen molar-refractivity contribution in [3.63, 3.8) is 0 Å². The standard InChI is InChI=1S/C11H9BrN4OS2/c1-5-8(11(13-2)19-16-5)10-14-9(15-17-10)7-3-6(12)4-18-7/h3-4,13H,1-2H3. The van der Waals surface area contributed by atoms with Crippen molar-refractivity contribution in [2.75, 3.05) is 12.4 Å². The molecule has 0 saturated carbocycles. The molecule has 19 heavy (non-hydrogen) atoms. The minimum atomic E-state index is 0.495. The van der Waals surface area contributed by atoms with E-state index in [0.717, 1.165) is 25.6 Å². The van der Waals surface area contributed by atoms with Crippen molar-refractivity contribution in [3.05, 3.63) is 21.6 Å². The van der Waals surface area contributed by atoms with Crippen molar-refractivity contribution >= 4 is 43.8 Å². The van der Waals surface area contributed by atoms with E-state index in [1.54, 1.807) is 11.3 Å². The normalized spacial score (nSPS) is 10.9. The van der Waals surface area contributed by atoms with E-state index >= 15 is 0 Å². The lowest BCUT2D eigenvalue weighted by molar-refractivity contribution is 0.432. The first-order valence-electron chi connectivity index (χ1n) is 5.41. The predicted molar refractivity (Wildman–Crippen MR) is 80.7 cm³/mol. The third kappa shape index (κ3) is 2.31. The van der Waals surface area contributed by atoms with E-state index in [9.17, 15) is 0 Å². The summed E-state index contributed by atoms with van der Waals surface area (Å²) in [5.74, 6) is 1.09. The summed E-state index contributed by atoms with van der Waals surface area (Å²) in [6.45, 7) is 1.93. The van der Waals surface area contributed by atoms with Crippen molar-refractivity contribution in [3.8, 4) is 22.2 Å². The first-order valence-corrected chi connectivity index (χ1v) is 7.86. The monoisotopic (exact) mass is 356 g/mol. The number of anilines is 1. The summed E-state index contributed by atoms with van der Waals surface area (Å²) >= 11 is 6.37. The molecule has 0 radical (unpaired) electrons. The fourth-order valence-corrected chi connectivity index (χ4v) is 3.74. The zero-order valence-corrected chi connectivity index (χ0v) is 13.3. The van der Waals surface area contributed by atoms with Crippen molar-refractivity contribution in [2.45, 2.75) is 6.92 Å². The van der Waals surface area contributed by atoms with Crippen molar-refractivity contribution < 1.29 is 4.52 Å². The maximum Gasteiger partial charge on any atom is 0.263 e. The lowest BCUT2D eigenvalue weighted by Crippen LogP contribution is -1.88. The lowest BCUT2D eigenvalue weighted by atomic mass is 10.2. The fourth-order valence-electron chi connectivity index (χ4n) is 1.65. The Morgan fingerprint density at radius 2 is 2.26 bits per heavy atom. The van der Waals surface area contributed by atoms with Gasteiger partial charge in [0.1, 0.15) is 5.00 Å². The van der Waals surface area contributed by atoms with Crippen LogP contribution in [0, 0.1) is 6.92 Å². The minimum absolute atomic E-state index is 0.495. The minimum Gasteiger partial charge on any atom is -0.378 e. The SMILES string of the molecule is CNc1snc(C)c1-c1nc(-c2cc(Br)cs2)no1.